The molecular formula is C21H19ClN2O3. The number of fused-ring (bicyclic) bond motifs is 1. The summed E-state index contributed by atoms with van der Waals surface area (Å²) in [6.45, 7) is 1.03. The zero-order chi connectivity index (χ0) is 18.8. The molecule has 2 aromatic rings. The predicted octanol–water partition coefficient (Wildman–Crippen LogP) is 3.87. The number of amidine groups is 1. The summed E-state index contributed by atoms with van der Waals surface area (Å²) in [5.74, 6) is 1.97. The number of methoxy groups -OCH3 is 1. The molecule has 1 amide bonds. The zero-order valence-corrected chi connectivity index (χ0v) is 15.6. The van der Waals surface area contributed by atoms with E-state index in [4.69, 9.17) is 21.1 Å². The Hall–Kier alpha value is -2.79. The average Bonchev–Trinajstić information content (AvgIpc) is 3.15. The van der Waals surface area contributed by atoms with Crippen molar-refractivity contribution in [2.24, 2.45) is 4.99 Å². The van der Waals surface area contributed by atoms with Crippen LogP contribution in [0.2, 0.25) is 5.02 Å². The molecule has 138 valence electrons. The summed E-state index contributed by atoms with van der Waals surface area (Å²) >= 11 is 5.91. The number of piperidine rings is 1. The molecule has 1 fully saturated rings. The lowest BCUT2D eigenvalue weighted by Crippen LogP contribution is -2.38. The van der Waals surface area contributed by atoms with Crippen LogP contribution >= 0.6 is 11.6 Å². The van der Waals surface area contributed by atoms with Crippen LogP contribution in [0.25, 0.3) is 0 Å². The van der Waals surface area contributed by atoms with Gasteiger partial charge in [-0.3, -0.25) is 9.79 Å². The Morgan fingerprint density at radius 1 is 1.19 bits per heavy atom. The molecule has 2 aromatic carbocycles. The number of amides is 1. The highest BCUT2D eigenvalue weighted by Crippen LogP contribution is 2.38. The van der Waals surface area contributed by atoms with Crippen LogP contribution in [0.5, 0.6) is 11.5 Å². The van der Waals surface area contributed by atoms with Gasteiger partial charge in [-0.2, -0.15) is 0 Å². The summed E-state index contributed by atoms with van der Waals surface area (Å²) < 4.78 is 11.4. The fourth-order valence-corrected chi connectivity index (χ4v) is 3.51. The molecular weight excluding hydrogens is 364 g/mol. The fourth-order valence-electron chi connectivity index (χ4n) is 3.38. The van der Waals surface area contributed by atoms with Crippen molar-refractivity contribution in [3.8, 4) is 11.5 Å². The van der Waals surface area contributed by atoms with E-state index in [-0.39, 0.29) is 11.8 Å². The molecule has 1 saturated heterocycles. The number of hydrogen-bond donors (Lipinski definition) is 1. The summed E-state index contributed by atoms with van der Waals surface area (Å²) in [6, 6.07) is 13.3. The van der Waals surface area contributed by atoms with E-state index < -0.39 is 0 Å². The van der Waals surface area contributed by atoms with Gasteiger partial charge in [-0.1, -0.05) is 35.9 Å². The smallest absolute Gasteiger partial charge is 0.226 e. The van der Waals surface area contributed by atoms with E-state index in [1.54, 1.807) is 7.11 Å². The highest BCUT2D eigenvalue weighted by Gasteiger charge is 2.32. The van der Waals surface area contributed by atoms with Gasteiger partial charge in [0, 0.05) is 22.9 Å². The maximum Gasteiger partial charge on any atom is 0.226 e. The number of carbonyl (C=O) groups is 1. The topological polar surface area (TPSA) is 59.9 Å². The molecule has 0 saturated carbocycles. The van der Waals surface area contributed by atoms with Gasteiger partial charge in [-0.25, -0.2) is 0 Å². The first kappa shape index (κ1) is 17.6. The largest absolute Gasteiger partial charge is 0.493 e. The van der Waals surface area contributed by atoms with Crippen molar-refractivity contribution in [2.75, 3.05) is 13.7 Å². The number of nitrogens with one attached hydrogen (secondary N) is 1. The van der Waals surface area contributed by atoms with Gasteiger partial charge in [0.25, 0.3) is 0 Å². The number of hydrogen-bond acceptors (Lipinski definition) is 4. The van der Waals surface area contributed by atoms with Gasteiger partial charge in [0.15, 0.2) is 11.5 Å². The number of aliphatic imine (C=N–C) groups is 1. The molecule has 2 aliphatic rings. The van der Waals surface area contributed by atoms with Gasteiger partial charge in [0.2, 0.25) is 5.91 Å². The SMILES string of the molecule is COc1cc(C2CC(=O)NC3=NCC=C32)ccc1OCc1ccc(Cl)cc1. The second-order valence-corrected chi connectivity index (χ2v) is 6.92. The third-order valence-electron chi connectivity index (χ3n) is 4.75. The van der Waals surface area contributed by atoms with Crippen LogP contribution in [-0.4, -0.2) is 25.4 Å². The van der Waals surface area contributed by atoms with Crippen molar-refractivity contribution < 1.29 is 14.3 Å². The first-order valence-electron chi connectivity index (χ1n) is 8.74. The van der Waals surface area contributed by atoms with Crippen LogP contribution in [-0.2, 0) is 11.4 Å². The molecule has 4 rings (SSSR count). The minimum Gasteiger partial charge on any atom is -0.493 e. The minimum atomic E-state index is -0.0146. The third-order valence-corrected chi connectivity index (χ3v) is 5.01. The van der Waals surface area contributed by atoms with Crippen molar-refractivity contribution in [1.82, 2.24) is 5.32 Å². The van der Waals surface area contributed by atoms with Crippen molar-refractivity contribution in [3.05, 3.63) is 70.3 Å². The molecule has 0 spiro atoms. The van der Waals surface area contributed by atoms with E-state index >= 15 is 0 Å². The van der Waals surface area contributed by atoms with E-state index in [0.717, 1.165) is 16.7 Å². The van der Waals surface area contributed by atoms with Gasteiger partial charge < -0.3 is 14.8 Å². The maximum atomic E-state index is 12.0. The zero-order valence-electron chi connectivity index (χ0n) is 14.9. The van der Waals surface area contributed by atoms with Crippen molar-refractivity contribution in [2.45, 2.75) is 18.9 Å². The predicted molar refractivity (Wildman–Crippen MR) is 105 cm³/mol. The van der Waals surface area contributed by atoms with Crippen LogP contribution in [0.4, 0.5) is 0 Å². The summed E-state index contributed by atoms with van der Waals surface area (Å²) in [4.78, 5) is 16.3. The summed E-state index contributed by atoms with van der Waals surface area (Å²) in [6.07, 6.45) is 2.47. The standard InChI is InChI=1S/C21H19ClN2O3/c1-26-19-10-14(17-11-20(25)24-21-16(17)8-9-23-21)4-7-18(19)27-12-13-2-5-15(22)6-3-13/h2-8,10,17H,9,11-12H2,1H3,(H,23,24,25). The molecule has 1 unspecified atom stereocenters. The number of carbonyl (C=O) groups excluding carboxylic acids is 1. The van der Waals surface area contributed by atoms with Gasteiger partial charge in [0.1, 0.15) is 12.4 Å². The summed E-state index contributed by atoms with van der Waals surface area (Å²) in [5, 5.41) is 3.53. The lowest BCUT2D eigenvalue weighted by atomic mass is 9.85. The first-order chi connectivity index (χ1) is 13.1. The quantitative estimate of drug-likeness (QED) is 0.853. The van der Waals surface area contributed by atoms with E-state index in [1.165, 1.54) is 0 Å². The number of rotatable bonds is 5. The second-order valence-electron chi connectivity index (χ2n) is 6.48. The Balaban J connectivity index is 1.55. The van der Waals surface area contributed by atoms with Gasteiger partial charge in [-0.15, -0.1) is 0 Å². The minimum absolute atomic E-state index is 0.0140. The molecule has 2 heterocycles. The Morgan fingerprint density at radius 3 is 2.78 bits per heavy atom. The molecule has 1 atom stereocenters. The average molecular weight is 383 g/mol. The number of benzene rings is 2. The Bertz CT molecular complexity index is 935. The van der Waals surface area contributed by atoms with Crippen LogP contribution in [0.15, 0.2) is 59.1 Å². The summed E-state index contributed by atoms with van der Waals surface area (Å²) in [5.41, 5.74) is 3.11. The van der Waals surface area contributed by atoms with Crippen molar-refractivity contribution >= 4 is 23.3 Å². The Labute approximate surface area is 162 Å². The van der Waals surface area contributed by atoms with Crippen LogP contribution in [0.1, 0.15) is 23.5 Å². The van der Waals surface area contributed by atoms with Crippen LogP contribution in [0, 0.1) is 0 Å². The first-order valence-corrected chi connectivity index (χ1v) is 9.12. The molecule has 0 bridgehead atoms. The summed E-state index contributed by atoms with van der Waals surface area (Å²) in [7, 11) is 1.61. The second kappa shape index (κ2) is 7.45. The highest BCUT2D eigenvalue weighted by molar-refractivity contribution is 6.30. The monoisotopic (exact) mass is 382 g/mol. The number of nitrogens with zero attached hydrogens (tertiary/aromatic N) is 1. The van der Waals surface area contributed by atoms with E-state index in [2.05, 4.69) is 16.4 Å². The van der Waals surface area contributed by atoms with Gasteiger partial charge >= 0.3 is 0 Å². The number of halogens is 1. The molecule has 2 aliphatic heterocycles. The van der Waals surface area contributed by atoms with Gasteiger partial charge in [0.05, 0.1) is 13.7 Å². The molecule has 6 heteroatoms. The van der Waals surface area contributed by atoms with Crippen molar-refractivity contribution in [3.63, 3.8) is 0 Å². The van der Waals surface area contributed by atoms with Crippen LogP contribution in [0.3, 0.4) is 0 Å². The third kappa shape index (κ3) is 3.69. The maximum absolute atomic E-state index is 12.0. The lowest BCUT2D eigenvalue weighted by molar-refractivity contribution is -0.120. The molecule has 1 N–H and O–H groups in total. The Morgan fingerprint density at radius 2 is 2.00 bits per heavy atom. The van der Waals surface area contributed by atoms with E-state index in [1.807, 2.05) is 42.5 Å². The lowest BCUT2D eigenvalue weighted by Gasteiger charge is -2.26. The number of ether oxygens (including phenoxy) is 2. The molecule has 27 heavy (non-hydrogen) atoms. The fraction of sp³-hybridized carbons (Fsp3) is 0.238. The van der Waals surface area contributed by atoms with E-state index in [0.29, 0.717) is 41.9 Å². The molecule has 5 nitrogen and oxygen atoms in total. The molecule has 0 radical (unpaired) electrons. The highest BCUT2D eigenvalue weighted by atomic mass is 35.5. The molecule has 0 aliphatic carbocycles. The normalized spacial score (nSPS) is 18.3. The molecule has 0 aromatic heterocycles. The van der Waals surface area contributed by atoms with Crippen molar-refractivity contribution in [1.29, 1.82) is 0 Å². The van der Waals surface area contributed by atoms with Crippen LogP contribution < -0.4 is 14.8 Å². The van der Waals surface area contributed by atoms with Gasteiger partial charge in [-0.05, 0) is 35.4 Å². The Kier molecular flexibility index (Phi) is 4.86. The van der Waals surface area contributed by atoms with E-state index in [9.17, 15) is 4.79 Å².